The highest BCUT2D eigenvalue weighted by Gasteiger charge is 2.29. The Labute approximate surface area is 174 Å². The smallest absolute Gasteiger partial charge is 0.265 e. The number of pyridine rings is 1. The van der Waals surface area contributed by atoms with E-state index in [4.69, 9.17) is 18.7 Å². The van der Waals surface area contributed by atoms with Crippen LogP contribution < -0.4 is 14.4 Å². The standard InChI is InChI=1S/C22H23N3O5/c1-14-22(15(2)30-24-14)17-10-20-18(11-19(17)28-9-8-27-3)25(21(26)13-29-20)12-16-4-6-23-7-5-16/h4-7,10-11H,8-9,12-13H2,1-3H3. The number of carbonyl (C=O) groups excluding carboxylic acids is 1. The third kappa shape index (κ3) is 3.86. The topological polar surface area (TPSA) is 86.9 Å². The fourth-order valence-corrected chi connectivity index (χ4v) is 3.49. The zero-order chi connectivity index (χ0) is 21.1. The van der Waals surface area contributed by atoms with Gasteiger partial charge >= 0.3 is 0 Å². The second-order valence-corrected chi connectivity index (χ2v) is 6.98. The first-order valence-corrected chi connectivity index (χ1v) is 9.63. The van der Waals surface area contributed by atoms with E-state index in [0.717, 1.165) is 22.4 Å². The Morgan fingerprint density at radius 3 is 2.67 bits per heavy atom. The first kappa shape index (κ1) is 19.9. The summed E-state index contributed by atoms with van der Waals surface area (Å²) in [6, 6.07) is 7.49. The number of amides is 1. The molecule has 0 unspecified atom stereocenters. The summed E-state index contributed by atoms with van der Waals surface area (Å²) < 4.78 is 22.3. The normalized spacial score (nSPS) is 13.2. The van der Waals surface area contributed by atoms with E-state index < -0.39 is 0 Å². The number of carbonyl (C=O) groups is 1. The highest BCUT2D eigenvalue weighted by atomic mass is 16.5. The van der Waals surface area contributed by atoms with Crippen LogP contribution in [-0.4, -0.2) is 43.0 Å². The number of benzene rings is 1. The molecule has 1 aliphatic rings. The first-order chi connectivity index (χ1) is 14.6. The summed E-state index contributed by atoms with van der Waals surface area (Å²) in [5.41, 5.74) is 4.05. The molecule has 8 heteroatoms. The zero-order valence-electron chi connectivity index (χ0n) is 17.2. The molecule has 0 N–H and O–H groups in total. The van der Waals surface area contributed by atoms with Crippen LogP contribution in [0.4, 0.5) is 5.69 Å². The third-order valence-electron chi connectivity index (χ3n) is 4.94. The lowest BCUT2D eigenvalue weighted by atomic mass is 10.0. The van der Waals surface area contributed by atoms with Crippen LogP contribution in [0.2, 0.25) is 0 Å². The first-order valence-electron chi connectivity index (χ1n) is 9.63. The number of rotatable bonds is 7. The van der Waals surface area contributed by atoms with E-state index in [-0.39, 0.29) is 12.5 Å². The van der Waals surface area contributed by atoms with Crippen LogP contribution in [0.25, 0.3) is 11.1 Å². The van der Waals surface area contributed by atoms with Gasteiger partial charge in [0.1, 0.15) is 23.9 Å². The molecule has 0 saturated heterocycles. The Morgan fingerprint density at radius 2 is 1.97 bits per heavy atom. The maximum Gasteiger partial charge on any atom is 0.265 e. The monoisotopic (exact) mass is 409 g/mol. The van der Waals surface area contributed by atoms with E-state index in [9.17, 15) is 4.79 Å². The lowest BCUT2D eigenvalue weighted by Crippen LogP contribution is -2.38. The summed E-state index contributed by atoms with van der Waals surface area (Å²) in [6.45, 7) is 4.93. The van der Waals surface area contributed by atoms with Gasteiger partial charge in [-0.3, -0.25) is 9.78 Å². The summed E-state index contributed by atoms with van der Waals surface area (Å²) in [6.07, 6.45) is 3.42. The van der Waals surface area contributed by atoms with Crippen LogP contribution in [0, 0.1) is 13.8 Å². The zero-order valence-corrected chi connectivity index (χ0v) is 17.2. The molecule has 156 valence electrons. The minimum atomic E-state index is -0.118. The molecule has 3 aromatic rings. The van der Waals surface area contributed by atoms with Gasteiger partial charge in [-0.05, 0) is 37.6 Å². The average molecular weight is 409 g/mol. The SMILES string of the molecule is COCCOc1cc2c(cc1-c1c(C)noc1C)OCC(=O)N2Cc1ccncc1. The van der Waals surface area contributed by atoms with Gasteiger partial charge in [-0.15, -0.1) is 0 Å². The molecule has 0 spiro atoms. The van der Waals surface area contributed by atoms with Gasteiger partial charge in [0.05, 0.1) is 30.1 Å². The summed E-state index contributed by atoms with van der Waals surface area (Å²) in [7, 11) is 1.62. The molecule has 0 saturated carbocycles. The predicted molar refractivity (Wildman–Crippen MR) is 110 cm³/mol. The van der Waals surface area contributed by atoms with Gasteiger partial charge in [0.15, 0.2) is 6.61 Å². The summed E-state index contributed by atoms with van der Waals surface area (Å²) >= 11 is 0. The van der Waals surface area contributed by atoms with E-state index >= 15 is 0 Å². The van der Waals surface area contributed by atoms with E-state index in [0.29, 0.717) is 42.7 Å². The highest BCUT2D eigenvalue weighted by Crippen LogP contribution is 2.44. The van der Waals surface area contributed by atoms with E-state index in [1.165, 1.54) is 0 Å². The Bertz CT molecular complexity index is 1030. The molecule has 8 nitrogen and oxygen atoms in total. The minimum absolute atomic E-state index is 0.0248. The van der Waals surface area contributed by atoms with E-state index in [1.54, 1.807) is 24.4 Å². The molecule has 2 aromatic heterocycles. The Morgan fingerprint density at radius 1 is 1.17 bits per heavy atom. The van der Waals surface area contributed by atoms with Gasteiger partial charge in [0, 0.05) is 31.1 Å². The van der Waals surface area contributed by atoms with Crippen molar-refractivity contribution in [1.29, 1.82) is 0 Å². The number of ether oxygens (including phenoxy) is 3. The number of aryl methyl sites for hydroxylation is 2. The third-order valence-corrected chi connectivity index (χ3v) is 4.94. The number of fused-ring (bicyclic) bond motifs is 1. The van der Waals surface area contributed by atoms with Gasteiger partial charge in [-0.2, -0.15) is 0 Å². The number of hydrogen-bond acceptors (Lipinski definition) is 7. The van der Waals surface area contributed by atoms with Gasteiger partial charge in [-0.1, -0.05) is 5.16 Å². The second kappa shape index (κ2) is 8.54. The molecule has 0 atom stereocenters. The molecule has 0 aliphatic carbocycles. The number of methoxy groups -OCH3 is 1. The van der Waals surface area contributed by atoms with E-state index in [1.807, 2.05) is 38.1 Å². The molecule has 30 heavy (non-hydrogen) atoms. The molecular weight excluding hydrogens is 386 g/mol. The highest BCUT2D eigenvalue weighted by molar-refractivity contribution is 5.99. The minimum Gasteiger partial charge on any atom is -0.490 e. The van der Waals surface area contributed by atoms with Crippen LogP contribution in [0.3, 0.4) is 0 Å². The van der Waals surface area contributed by atoms with Crippen molar-refractivity contribution in [2.45, 2.75) is 20.4 Å². The molecule has 4 rings (SSSR count). The molecule has 0 radical (unpaired) electrons. The lowest BCUT2D eigenvalue weighted by Gasteiger charge is -2.30. The summed E-state index contributed by atoms with van der Waals surface area (Å²) in [5.74, 6) is 1.78. The van der Waals surface area contributed by atoms with Crippen molar-refractivity contribution in [2.24, 2.45) is 0 Å². The molecular formula is C22H23N3O5. The van der Waals surface area contributed by atoms with Crippen molar-refractivity contribution in [2.75, 3.05) is 31.8 Å². The fraction of sp³-hybridized carbons (Fsp3) is 0.318. The van der Waals surface area contributed by atoms with Gasteiger partial charge < -0.3 is 23.6 Å². The maximum absolute atomic E-state index is 12.7. The molecule has 0 bridgehead atoms. The molecule has 0 fully saturated rings. The van der Waals surface area contributed by atoms with Crippen LogP contribution >= 0.6 is 0 Å². The number of aromatic nitrogens is 2. The molecule has 3 heterocycles. The Hall–Kier alpha value is -3.39. The van der Waals surface area contributed by atoms with Gasteiger partial charge in [0.25, 0.3) is 5.91 Å². The van der Waals surface area contributed by atoms with Crippen LogP contribution in [-0.2, 0) is 16.1 Å². The Kier molecular flexibility index (Phi) is 5.67. The van der Waals surface area contributed by atoms with Gasteiger partial charge in [-0.25, -0.2) is 0 Å². The second-order valence-electron chi connectivity index (χ2n) is 6.98. The van der Waals surface area contributed by atoms with Crippen molar-refractivity contribution < 1.29 is 23.5 Å². The quantitative estimate of drug-likeness (QED) is 0.553. The summed E-state index contributed by atoms with van der Waals surface area (Å²) in [4.78, 5) is 18.4. The molecule has 1 aliphatic heterocycles. The fourth-order valence-electron chi connectivity index (χ4n) is 3.49. The van der Waals surface area contributed by atoms with Crippen molar-refractivity contribution >= 4 is 11.6 Å². The van der Waals surface area contributed by atoms with Crippen molar-refractivity contribution in [3.05, 3.63) is 53.7 Å². The molecule has 1 aromatic carbocycles. The van der Waals surface area contributed by atoms with Crippen LogP contribution in [0.1, 0.15) is 17.0 Å². The maximum atomic E-state index is 12.7. The largest absolute Gasteiger partial charge is 0.490 e. The average Bonchev–Trinajstić information content (AvgIpc) is 3.09. The number of hydrogen-bond donors (Lipinski definition) is 0. The van der Waals surface area contributed by atoms with Gasteiger partial charge in [0.2, 0.25) is 0 Å². The Balaban J connectivity index is 1.78. The predicted octanol–water partition coefficient (Wildman–Crippen LogP) is 3.30. The molecule has 1 amide bonds. The lowest BCUT2D eigenvalue weighted by molar-refractivity contribution is -0.121. The van der Waals surface area contributed by atoms with Crippen molar-refractivity contribution in [3.63, 3.8) is 0 Å². The summed E-state index contributed by atoms with van der Waals surface area (Å²) in [5, 5.41) is 4.06. The van der Waals surface area contributed by atoms with Crippen LogP contribution in [0.5, 0.6) is 11.5 Å². The number of anilines is 1. The number of nitrogens with zero attached hydrogens (tertiary/aromatic N) is 3. The van der Waals surface area contributed by atoms with Crippen LogP contribution in [0.15, 0.2) is 41.2 Å². The van der Waals surface area contributed by atoms with Crippen molar-refractivity contribution in [3.8, 4) is 22.6 Å². The van der Waals surface area contributed by atoms with Crippen molar-refractivity contribution in [1.82, 2.24) is 10.1 Å². The van der Waals surface area contributed by atoms with E-state index in [2.05, 4.69) is 10.1 Å².